The zero-order chi connectivity index (χ0) is 19.1. The standard InChI is InChI=1S/C19H22O6S/c1-22-14-10-18(24-3)15(19(11-14)25-4)7-8-26(21)12-13-5-6-17(23-2)16(20)9-13/h5-11,20H,12H2,1-4H3/b8-7+. The molecule has 0 heterocycles. The third-order valence-electron chi connectivity index (χ3n) is 3.69. The molecule has 0 aliphatic carbocycles. The van der Waals surface area contributed by atoms with Crippen molar-refractivity contribution in [2.24, 2.45) is 0 Å². The minimum absolute atomic E-state index is 0.0180. The smallest absolute Gasteiger partial charge is 0.160 e. The van der Waals surface area contributed by atoms with Gasteiger partial charge in [0.15, 0.2) is 11.5 Å². The molecule has 2 aromatic carbocycles. The topological polar surface area (TPSA) is 74.2 Å². The molecule has 0 saturated carbocycles. The number of rotatable bonds is 8. The second-order valence-electron chi connectivity index (χ2n) is 5.28. The Bertz CT molecular complexity index is 791. The summed E-state index contributed by atoms with van der Waals surface area (Å²) >= 11 is 0. The number of methoxy groups -OCH3 is 4. The lowest BCUT2D eigenvalue weighted by Crippen LogP contribution is -1.96. The quantitative estimate of drug-likeness (QED) is 0.759. The molecule has 1 unspecified atom stereocenters. The fourth-order valence-electron chi connectivity index (χ4n) is 2.38. The van der Waals surface area contributed by atoms with Gasteiger partial charge in [-0.15, -0.1) is 0 Å². The van der Waals surface area contributed by atoms with Crippen molar-refractivity contribution in [2.45, 2.75) is 5.75 Å². The van der Waals surface area contributed by atoms with Gasteiger partial charge in [-0.1, -0.05) is 6.07 Å². The Morgan fingerprint density at radius 1 is 0.923 bits per heavy atom. The summed E-state index contributed by atoms with van der Waals surface area (Å²) in [6.07, 6.45) is 1.69. The molecular formula is C19H22O6S. The van der Waals surface area contributed by atoms with Crippen molar-refractivity contribution < 1.29 is 28.3 Å². The predicted molar refractivity (Wildman–Crippen MR) is 102 cm³/mol. The van der Waals surface area contributed by atoms with Gasteiger partial charge < -0.3 is 24.1 Å². The molecule has 0 aliphatic rings. The van der Waals surface area contributed by atoms with Gasteiger partial charge in [0.1, 0.15) is 17.2 Å². The van der Waals surface area contributed by atoms with E-state index in [0.29, 0.717) is 28.6 Å². The first-order valence-corrected chi connectivity index (χ1v) is 9.11. The fourth-order valence-corrected chi connectivity index (χ4v) is 3.27. The SMILES string of the molecule is COc1cc(OC)c(/C=C/S(=O)Cc2ccc(OC)c(O)c2)c(OC)c1. The molecule has 7 heteroatoms. The van der Waals surface area contributed by atoms with E-state index in [0.717, 1.165) is 5.56 Å². The summed E-state index contributed by atoms with van der Waals surface area (Å²) in [6, 6.07) is 8.40. The molecule has 1 N–H and O–H groups in total. The first-order valence-electron chi connectivity index (χ1n) is 7.73. The van der Waals surface area contributed by atoms with Crippen molar-refractivity contribution in [1.82, 2.24) is 0 Å². The van der Waals surface area contributed by atoms with E-state index in [4.69, 9.17) is 18.9 Å². The van der Waals surface area contributed by atoms with Crippen LogP contribution in [0, 0.1) is 0 Å². The van der Waals surface area contributed by atoms with Crippen LogP contribution in [0.1, 0.15) is 11.1 Å². The van der Waals surface area contributed by atoms with Gasteiger partial charge in [-0.3, -0.25) is 4.21 Å². The van der Waals surface area contributed by atoms with E-state index in [1.807, 2.05) is 0 Å². The second-order valence-corrected chi connectivity index (χ2v) is 6.60. The molecular weight excluding hydrogens is 356 g/mol. The Morgan fingerprint density at radius 3 is 2.04 bits per heavy atom. The average molecular weight is 378 g/mol. The highest BCUT2D eigenvalue weighted by Gasteiger charge is 2.11. The molecule has 0 amide bonds. The van der Waals surface area contributed by atoms with Crippen molar-refractivity contribution in [3.8, 4) is 28.7 Å². The van der Waals surface area contributed by atoms with E-state index < -0.39 is 10.8 Å². The molecule has 2 rings (SSSR count). The van der Waals surface area contributed by atoms with E-state index in [2.05, 4.69) is 0 Å². The molecule has 0 aliphatic heterocycles. The zero-order valence-corrected chi connectivity index (χ0v) is 16.0. The van der Waals surface area contributed by atoms with Crippen molar-refractivity contribution in [3.05, 3.63) is 46.9 Å². The highest BCUT2D eigenvalue weighted by molar-refractivity contribution is 7.87. The molecule has 0 spiro atoms. The van der Waals surface area contributed by atoms with Gasteiger partial charge in [0.25, 0.3) is 0 Å². The monoisotopic (exact) mass is 378 g/mol. The lowest BCUT2D eigenvalue weighted by molar-refractivity contribution is 0.373. The van der Waals surface area contributed by atoms with E-state index in [1.165, 1.54) is 7.11 Å². The van der Waals surface area contributed by atoms with Crippen molar-refractivity contribution in [2.75, 3.05) is 28.4 Å². The van der Waals surface area contributed by atoms with Gasteiger partial charge in [-0.2, -0.15) is 0 Å². The van der Waals surface area contributed by atoms with Crippen LogP contribution < -0.4 is 18.9 Å². The summed E-state index contributed by atoms with van der Waals surface area (Å²) in [5.74, 6) is 2.36. The summed E-state index contributed by atoms with van der Waals surface area (Å²) in [7, 11) is 4.83. The minimum atomic E-state index is -1.29. The summed E-state index contributed by atoms with van der Waals surface area (Å²) < 4.78 is 33.3. The molecule has 0 fully saturated rings. The molecule has 0 saturated heterocycles. The van der Waals surface area contributed by atoms with Crippen LogP contribution in [-0.4, -0.2) is 37.8 Å². The summed E-state index contributed by atoms with van der Waals surface area (Å²) in [6.45, 7) is 0. The van der Waals surface area contributed by atoms with Crippen LogP contribution in [0.25, 0.3) is 6.08 Å². The first kappa shape index (κ1) is 19.7. The summed E-state index contributed by atoms with van der Waals surface area (Å²) in [5, 5.41) is 11.4. The van der Waals surface area contributed by atoms with Crippen LogP contribution in [0.5, 0.6) is 28.7 Å². The van der Waals surface area contributed by atoms with Crippen LogP contribution in [0.4, 0.5) is 0 Å². The highest BCUT2D eigenvalue weighted by atomic mass is 32.2. The summed E-state index contributed by atoms with van der Waals surface area (Å²) in [5.41, 5.74) is 1.40. The van der Waals surface area contributed by atoms with E-state index in [-0.39, 0.29) is 11.5 Å². The molecule has 140 valence electrons. The Balaban J connectivity index is 2.21. The number of hydrogen-bond donors (Lipinski definition) is 1. The Morgan fingerprint density at radius 2 is 1.54 bits per heavy atom. The van der Waals surface area contributed by atoms with Gasteiger partial charge in [-0.25, -0.2) is 0 Å². The highest BCUT2D eigenvalue weighted by Crippen LogP contribution is 2.35. The number of phenols is 1. The number of benzene rings is 2. The van der Waals surface area contributed by atoms with E-state index >= 15 is 0 Å². The molecule has 2 aromatic rings. The number of phenolic OH excluding ortho intramolecular Hbond substituents is 1. The normalized spacial score (nSPS) is 12.0. The largest absolute Gasteiger partial charge is 0.504 e. The maximum Gasteiger partial charge on any atom is 0.160 e. The van der Waals surface area contributed by atoms with Crippen LogP contribution in [0.3, 0.4) is 0 Å². The molecule has 0 aromatic heterocycles. The Kier molecular flexibility index (Phi) is 6.91. The molecule has 0 bridgehead atoms. The predicted octanol–water partition coefficient (Wildman–Crippen LogP) is 3.35. The van der Waals surface area contributed by atoms with Gasteiger partial charge in [-0.05, 0) is 23.8 Å². The summed E-state index contributed by atoms with van der Waals surface area (Å²) in [4.78, 5) is 0. The van der Waals surface area contributed by atoms with Gasteiger partial charge >= 0.3 is 0 Å². The number of aromatic hydroxyl groups is 1. The van der Waals surface area contributed by atoms with Gasteiger partial charge in [0.05, 0.1) is 50.6 Å². The third-order valence-corrected chi connectivity index (χ3v) is 4.75. The van der Waals surface area contributed by atoms with Crippen LogP contribution in [-0.2, 0) is 16.6 Å². The Hall–Kier alpha value is -2.67. The van der Waals surface area contributed by atoms with Crippen molar-refractivity contribution in [1.29, 1.82) is 0 Å². The number of ether oxygens (including phenoxy) is 4. The van der Waals surface area contributed by atoms with Crippen LogP contribution in [0.15, 0.2) is 35.7 Å². The lowest BCUT2D eigenvalue weighted by atomic mass is 10.1. The lowest BCUT2D eigenvalue weighted by Gasteiger charge is -2.12. The molecule has 1 atom stereocenters. The van der Waals surface area contributed by atoms with Crippen LogP contribution >= 0.6 is 0 Å². The number of hydrogen-bond acceptors (Lipinski definition) is 6. The molecule has 26 heavy (non-hydrogen) atoms. The molecule has 6 nitrogen and oxygen atoms in total. The Labute approximate surface area is 155 Å². The minimum Gasteiger partial charge on any atom is -0.504 e. The van der Waals surface area contributed by atoms with E-state index in [9.17, 15) is 9.32 Å². The average Bonchev–Trinajstić information content (AvgIpc) is 2.65. The third kappa shape index (κ3) is 4.70. The van der Waals surface area contributed by atoms with E-state index in [1.54, 1.807) is 63.1 Å². The maximum atomic E-state index is 12.4. The maximum absolute atomic E-state index is 12.4. The van der Waals surface area contributed by atoms with Crippen molar-refractivity contribution in [3.63, 3.8) is 0 Å². The van der Waals surface area contributed by atoms with Gasteiger partial charge in [0.2, 0.25) is 0 Å². The first-order chi connectivity index (χ1) is 12.5. The molecule has 0 radical (unpaired) electrons. The van der Waals surface area contributed by atoms with Crippen LogP contribution in [0.2, 0.25) is 0 Å². The second kappa shape index (κ2) is 9.15. The van der Waals surface area contributed by atoms with Gasteiger partial charge in [0, 0.05) is 17.5 Å². The van der Waals surface area contributed by atoms with Crippen molar-refractivity contribution >= 4 is 16.9 Å². The fraction of sp³-hybridized carbons (Fsp3) is 0.263. The zero-order valence-electron chi connectivity index (χ0n) is 15.1.